The van der Waals surface area contributed by atoms with Gasteiger partial charge in [0.05, 0.1) is 23.8 Å². The third-order valence-electron chi connectivity index (χ3n) is 4.36. The molecule has 2 aromatic heterocycles. The average Bonchev–Trinajstić information content (AvgIpc) is 3.13. The molecule has 1 aliphatic heterocycles. The third kappa shape index (κ3) is 4.53. The van der Waals surface area contributed by atoms with Gasteiger partial charge in [0.25, 0.3) is 0 Å². The van der Waals surface area contributed by atoms with E-state index in [4.69, 9.17) is 16.7 Å². The number of nitrogens with zero attached hydrogens (tertiary/aromatic N) is 4. The summed E-state index contributed by atoms with van der Waals surface area (Å²) in [7, 11) is 0. The summed E-state index contributed by atoms with van der Waals surface area (Å²) < 4.78 is 14.1. The Hall–Kier alpha value is -3.01. The SMILES string of the molecule is OCCCN1NCc2cc(Nc3ncc(F)c(Nc4ccc(Cl)nc4)n3)ccc21. The zero-order chi connectivity index (χ0) is 20.2. The lowest BCUT2D eigenvalue weighted by atomic mass is 10.1. The van der Waals surface area contributed by atoms with Crippen molar-refractivity contribution in [3.8, 4) is 0 Å². The maximum absolute atomic E-state index is 14.1. The van der Waals surface area contributed by atoms with E-state index >= 15 is 0 Å². The predicted octanol–water partition coefficient (Wildman–Crippen LogP) is 3.36. The van der Waals surface area contributed by atoms with Crippen LogP contribution >= 0.6 is 11.6 Å². The molecule has 0 fully saturated rings. The van der Waals surface area contributed by atoms with Gasteiger partial charge in [-0.1, -0.05) is 11.6 Å². The van der Waals surface area contributed by atoms with E-state index in [1.54, 1.807) is 12.1 Å². The van der Waals surface area contributed by atoms with Crippen molar-refractivity contribution in [2.24, 2.45) is 0 Å². The van der Waals surface area contributed by atoms with Gasteiger partial charge in [-0.15, -0.1) is 0 Å². The summed E-state index contributed by atoms with van der Waals surface area (Å²) in [6.45, 7) is 1.57. The van der Waals surface area contributed by atoms with Crippen molar-refractivity contribution in [2.45, 2.75) is 13.0 Å². The highest BCUT2D eigenvalue weighted by atomic mass is 35.5. The zero-order valence-electron chi connectivity index (χ0n) is 15.4. The Morgan fingerprint density at radius 1 is 1.14 bits per heavy atom. The molecule has 0 unspecified atom stereocenters. The van der Waals surface area contributed by atoms with Gasteiger partial charge >= 0.3 is 0 Å². The van der Waals surface area contributed by atoms with Crippen LogP contribution in [-0.4, -0.2) is 33.2 Å². The Labute approximate surface area is 171 Å². The Morgan fingerprint density at radius 3 is 2.79 bits per heavy atom. The van der Waals surface area contributed by atoms with E-state index in [9.17, 15) is 4.39 Å². The van der Waals surface area contributed by atoms with Gasteiger partial charge in [0, 0.05) is 25.4 Å². The quantitative estimate of drug-likeness (QED) is 0.436. The second-order valence-corrected chi connectivity index (χ2v) is 6.80. The number of aromatic nitrogens is 3. The first-order valence-corrected chi connectivity index (χ1v) is 9.43. The van der Waals surface area contributed by atoms with Crippen LogP contribution in [0.1, 0.15) is 12.0 Å². The number of fused-ring (bicyclic) bond motifs is 1. The number of hydrazine groups is 1. The molecule has 3 heterocycles. The smallest absolute Gasteiger partial charge is 0.229 e. The van der Waals surface area contributed by atoms with E-state index < -0.39 is 5.82 Å². The first-order chi connectivity index (χ1) is 14.1. The second kappa shape index (κ2) is 8.56. The van der Waals surface area contributed by atoms with Gasteiger partial charge in [-0.3, -0.25) is 0 Å². The van der Waals surface area contributed by atoms with Crippen LogP contribution in [0.25, 0.3) is 0 Å². The van der Waals surface area contributed by atoms with E-state index in [0.717, 1.165) is 29.7 Å². The van der Waals surface area contributed by atoms with Gasteiger partial charge in [0.2, 0.25) is 5.95 Å². The third-order valence-corrected chi connectivity index (χ3v) is 4.58. The molecule has 0 aliphatic carbocycles. The van der Waals surface area contributed by atoms with Crippen LogP contribution in [0.2, 0.25) is 5.15 Å². The molecule has 1 aromatic carbocycles. The minimum atomic E-state index is -0.580. The lowest BCUT2D eigenvalue weighted by Gasteiger charge is -2.18. The fourth-order valence-corrected chi connectivity index (χ4v) is 3.10. The Kier molecular flexibility index (Phi) is 5.70. The molecule has 1 aliphatic rings. The van der Waals surface area contributed by atoms with Gasteiger partial charge in [-0.25, -0.2) is 19.8 Å². The summed E-state index contributed by atoms with van der Waals surface area (Å²) in [5.74, 6) is -0.285. The molecule has 8 nitrogen and oxygen atoms in total. The van der Waals surface area contributed by atoms with Crippen LogP contribution in [0.5, 0.6) is 0 Å². The van der Waals surface area contributed by atoms with Crippen molar-refractivity contribution in [1.82, 2.24) is 20.4 Å². The number of aliphatic hydroxyl groups excluding tert-OH is 1. The number of benzene rings is 1. The molecule has 4 N–H and O–H groups in total. The van der Waals surface area contributed by atoms with E-state index in [0.29, 0.717) is 23.8 Å². The van der Waals surface area contributed by atoms with Crippen LogP contribution < -0.4 is 21.1 Å². The predicted molar refractivity (Wildman–Crippen MR) is 110 cm³/mol. The molecule has 0 amide bonds. The topological polar surface area (TPSA) is 98.2 Å². The fourth-order valence-electron chi connectivity index (χ4n) is 2.99. The molecule has 150 valence electrons. The molecule has 0 bridgehead atoms. The molecule has 0 radical (unpaired) electrons. The summed E-state index contributed by atoms with van der Waals surface area (Å²) in [4.78, 5) is 12.2. The van der Waals surface area contributed by atoms with Crippen molar-refractivity contribution in [2.75, 3.05) is 28.8 Å². The van der Waals surface area contributed by atoms with Gasteiger partial charge in [0.15, 0.2) is 11.6 Å². The highest BCUT2D eigenvalue weighted by Gasteiger charge is 2.18. The van der Waals surface area contributed by atoms with Gasteiger partial charge in [0.1, 0.15) is 5.15 Å². The molecular formula is C19H19ClFN7O. The number of anilines is 5. The number of halogens is 2. The molecule has 4 rings (SSSR count). The lowest BCUT2D eigenvalue weighted by Crippen LogP contribution is -2.33. The number of rotatable bonds is 7. The Balaban J connectivity index is 1.49. The van der Waals surface area contributed by atoms with Crippen LogP contribution in [0.4, 0.5) is 33.2 Å². The van der Waals surface area contributed by atoms with E-state index in [1.165, 1.54) is 6.20 Å². The largest absolute Gasteiger partial charge is 0.396 e. The molecule has 0 spiro atoms. The van der Waals surface area contributed by atoms with Crippen molar-refractivity contribution < 1.29 is 9.50 Å². The molecule has 0 atom stereocenters. The van der Waals surface area contributed by atoms with Crippen LogP contribution in [0, 0.1) is 5.82 Å². The van der Waals surface area contributed by atoms with Gasteiger partial charge in [-0.2, -0.15) is 4.98 Å². The van der Waals surface area contributed by atoms with Crippen molar-refractivity contribution in [3.05, 3.63) is 59.3 Å². The Morgan fingerprint density at radius 2 is 2.00 bits per heavy atom. The number of hydrogen-bond acceptors (Lipinski definition) is 8. The molecule has 29 heavy (non-hydrogen) atoms. The van der Waals surface area contributed by atoms with Gasteiger partial charge in [-0.05, 0) is 42.3 Å². The van der Waals surface area contributed by atoms with Crippen LogP contribution in [0.15, 0.2) is 42.7 Å². The Bertz CT molecular complexity index is 1000. The van der Waals surface area contributed by atoms with E-state index in [-0.39, 0.29) is 18.4 Å². The molecule has 0 saturated heterocycles. The van der Waals surface area contributed by atoms with Crippen molar-refractivity contribution in [1.29, 1.82) is 0 Å². The minimum Gasteiger partial charge on any atom is -0.396 e. The monoisotopic (exact) mass is 415 g/mol. The van der Waals surface area contributed by atoms with Gasteiger partial charge < -0.3 is 20.7 Å². The number of hydrogen-bond donors (Lipinski definition) is 4. The normalized spacial score (nSPS) is 12.7. The molecular weight excluding hydrogens is 397 g/mol. The van der Waals surface area contributed by atoms with E-state index in [2.05, 4.69) is 31.0 Å². The number of aliphatic hydroxyl groups is 1. The first kappa shape index (κ1) is 19.3. The summed E-state index contributed by atoms with van der Waals surface area (Å²) in [5, 5.41) is 17.3. The van der Waals surface area contributed by atoms with Crippen LogP contribution in [-0.2, 0) is 6.54 Å². The molecule has 10 heteroatoms. The van der Waals surface area contributed by atoms with Crippen molar-refractivity contribution >= 4 is 40.4 Å². The second-order valence-electron chi connectivity index (χ2n) is 6.42. The maximum atomic E-state index is 14.1. The number of pyridine rings is 1. The average molecular weight is 416 g/mol. The lowest BCUT2D eigenvalue weighted by molar-refractivity contribution is 0.288. The summed E-state index contributed by atoms with van der Waals surface area (Å²) >= 11 is 5.77. The standard InChI is InChI=1S/C19H19ClFN7O/c20-17-5-3-14(10-22-17)25-18-15(21)11-23-19(27-18)26-13-2-4-16-12(8-13)9-24-28(16)6-1-7-29/h2-5,8,10-11,24,29H,1,6-7,9H2,(H2,23,25,26,27). The highest BCUT2D eigenvalue weighted by Crippen LogP contribution is 2.29. The van der Waals surface area contributed by atoms with Crippen molar-refractivity contribution in [3.63, 3.8) is 0 Å². The molecule has 3 aromatic rings. The maximum Gasteiger partial charge on any atom is 0.229 e. The minimum absolute atomic E-state index is 0.0321. The summed E-state index contributed by atoms with van der Waals surface area (Å²) in [6, 6.07) is 9.16. The number of nitrogens with one attached hydrogen (secondary N) is 3. The van der Waals surface area contributed by atoms with Crippen LogP contribution in [0.3, 0.4) is 0 Å². The van der Waals surface area contributed by atoms with E-state index in [1.807, 2.05) is 23.2 Å². The summed E-state index contributed by atoms with van der Waals surface area (Å²) in [6.07, 6.45) is 3.29. The zero-order valence-corrected chi connectivity index (χ0v) is 16.1. The first-order valence-electron chi connectivity index (χ1n) is 9.05. The summed E-state index contributed by atoms with van der Waals surface area (Å²) in [5.41, 5.74) is 6.82. The fraction of sp³-hybridized carbons (Fsp3) is 0.211. The molecule has 0 saturated carbocycles. The highest BCUT2D eigenvalue weighted by molar-refractivity contribution is 6.29.